The molecule has 0 aliphatic heterocycles. The Morgan fingerprint density at radius 3 is 1.56 bits per heavy atom. The van der Waals surface area contributed by atoms with Crippen LogP contribution in [0.1, 0.15) is 11.1 Å². The average Bonchev–Trinajstić information content (AvgIpc) is 3.84. The van der Waals surface area contributed by atoms with E-state index < -0.39 is 0 Å². The van der Waals surface area contributed by atoms with Crippen molar-refractivity contribution in [3.63, 3.8) is 0 Å². The quantitative estimate of drug-likeness (QED) is 0.156. The summed E-state index contributed by atoms with van der Waals surface area (Å²) in [5, 5.41) is 13.0. The largest absolute Gasteiger partial charge is 0.308 e. The van der Waals surface area contributed by atoms with Gasteiger partial charge < -0.3 is 9.80 Å². The van der Waals surface area contributed by atoms with Gasteiger partial charge in [0.05, 0.1) is 32.1 Å². The summed E-state index contributed by atoms with van der Waals surface area (Å²) >= 11 is 3.81. The van der Waals surface area contributed by atoms with Crippen LogP contribution in [0.5, 0.6) is 0 Å². The fourth-order valence-electron chi connectivity index (χ4n) is 9.64. The highest BCUT2D eigenvalue weighted by Gasteiger charge is 2.30. The van der Waals surface area contributed by atoms with Crippen LogP contribution in [0.2, 0.25) is 0 Å². The van der Waals surface area contributed by atoms with E-state index >= 15 is 0 Å². The third kappa shape index (κ3) is 4.45. The molecule has 2 aliphatic rings. The summed E-state index contributed by atoms with van der Waals surface area (Å²) < 4.78 is 5.33. The number of para-hydroxylation sites is 2. The fraction of sp³-hybridized carbons (Fsp3) is 0.0189. The number of nitrogens with zero attached hydrogens (tertiary/aromatic N) is 2. The van der Waals surface area contributed by atoms with Gasteiger partial charge in [-0.2, -0.15) is 0 Å². The second-order valence-corrected chi connectivity index (χ2v) is 17.3. The van der Waals surface area contributed by atoms with Crippen molar-refractivity contribution >= 4 is 129 Å². The van der Waals surface area contributed by atoms with E-state index in [9.17, 15) is 0 Å². The molecule has 0 atom stereocenters. The third-order valence-electron chi connectivity index (χ3n) is 12.1. The lowest BCUT2D eigenvalue weighted by molar-refractivity contribution is 1.10. The molecule has 2 aliphatic carbocycles. The van der Waals surface area contributed by atoms with Gasteiger partial charge in [-0.3, -0.25) is 0 Å². The lowest BCUT2D eigenvalue weighted by Gasteiger charge is -2.33. The number of hydrogen-bond donors (Lipinski definition) is 0. The SMILES string of the molecule is c1ccc(N(c2ccc3ccc4c(N(c5ccccc5)c5c6cc(c7c5sc5ccccc57)C6)ccc5ccc2c3c54)c2cccc3c2sc2ccccc23)cc1. The molecule has 10 aromatic carbocycles. The van der Waals surface area contributed by atoms with Crippen molar-refractivity contribution in [2.24, 2.45) is 0 Å². The van der Waals surface area contributed by atoms with Crippen LogP contribution in [-0.2, 0) is 6.42 Å². The maximum absolute atomic E-state index is 2.56. The molecule has 0 saturated carbocycles. The van der Waals surface area contributed by atoms with E-state index in [0.717, 1.165) is 12.1 Å². The van der Waals surface area contributed by atoms with Crippen LogP contribution in [0, 0.1) is 0 Å². The highest BCUT2D eigenvalue weighted by Crippen LogP contribution is 2.55. The molecule has 2 nitrogen and oxygen atoms in total. The van der Waals surface area contributed by atoms with Gasteiger partial charge in [0.25, 0.3) is 0 Å². The molecule has 2 heterocycles. The second-order valence-electron chi connectivity index (χ2n) is 15.2. The molecule has 14 rings (SSSR count). The van der Waals surface area contributed by atoms with Crippen LogP contribution in [0.25, 0.3) is 72.7 Å². The topological polar surface area (TPSA) is 6.48 Å². The van der Waals surface area contributed by atoms with Crippen LogP contribution >= 0.6 is 22.7 Å². The van der Waals surface area contributed by atoms with Gasteiger partial charge in [-0.15, -0.1) is 22.7 Å². The summed E-state index contributed by atoms with van der Waals surface area (Å²) in [5.74, 6) is 0. The third-order valence-corrected chi connectivity index (χ3v) is 14.5. The van der Waals surface area contributed by atoms with Crippen molar-refractivity contribution in [3.8, 4) is 0 Å². The summed E-state index contributed by atoms with van der Waals surface area (Å²) in [4.78, 5) is 5.04. The maximum atomic E-state index is 2.56. The Labute approximate surface area is 337 Å². The van der Waals surface area contributed by atoms with E-state index in [4.69, 9.17) is 0 Å². The number of fused-ring (bicyclic) bond motifs is 4. The first-order valence-corrected chi connectivity index (χ1v) is 21.2. The molecule has 4 heteroatoms. The van der Waals surface area contributed by atoms with Crippen molar-refractivity contribution < 1.29 is 0 Å². The molecule has 0 saturated heterocycles. The molecule has 12 aromatic rings. The molecule has 0 N–H and O–H groups in total. The van der Waals surface area contributed by atoms with Gasteiger partial charge in [-0.05, 0) is 87.3 Å². The molecule has 2 bridgehead atoms. The van der Waals surface area contributed by atoms with Crippen LogP contribution in [-0.4, -0.2) is 0 Å². The lowest BCUT2D eigenvalue weighted by Crippen LogP contribution is -2.16. The van der Waals surface area contributed by atoms with E-state index in [1.165, 1.54) is 112 Å². The molecule has 0 unspecified atom stereocenters. The van der Waals surface area contributed by atoms with Crippen LogP contribution < -0.4 is 9.80 Å². The number of benzene rings is 10. The number of hydrogen-bond acceptors (Lipinski definition) is 4. The minimum Gasteiger partial charge on any atom is -0.308 e. The molecule has 266 valence electrons. The Bertz CT molecular complexity index is 3560. The van der Waals surface area contributed by atoms with E-state index in [1.54, 1.807) is 0 Å². The standard InChI is InChI=1S/C53H32N2S2/c1-3-12-36(13-4-1)54(45-19-11-18-39-38-16-7-9-20-46(38)56-52(39)45)43-28-24-32-23-27-41-44(29-25-33-22-26-40(43)48(32)49(33)41)55(37-14-5-2-6-15-37)51-35-30-34(31-35)50-42-17-8-10-21-47(42)57-53(50)51/h1-30H,31H2. The van der Waals surface area contributed by atoms with Crippen LogP contribution in [0.4, 0.5) is 34.1 Å². The number of rotatable bonds is 6. The summed E-state index contributed by atoms with van der Waals surface area (Å²) in [6.45, 7) is 0. The predicted molar refractivity (Wildman–Crippen MR) is 248 cm³/mol. The summed E-state index contributed by atoms with van der Waals surface area (Å²) in [5.41, 5.74) is 10.1. The van der Waals surface area contributed by atoms with Gasteiger partial charge in [0, 0.05) is 59.5 Å². The van der Waals surface area contributed by atoms with Gasteiger partial charge in [0.15, 0.2) is 0 Å². The van der Waals surface area contributed by atoms with Crippen molar-refractivity contribution in [2.45, 2.75) is 6.42 Å². The summed E-state index contributed by atoms with van der Waals surface area (Å²) in [6.07, 6.45) is 1.00. The normalized spacial score (nSPS) is 12.5. The first-order valence-electron chi connectivity index (χ1n) is 19.6. The molecule has 2 aromatic heterocycles. The zero-order valence-electron chi connectivity index (χ0n) is 30.7. The van der Waals surface area contributed by atoms with Crippen molar-refractivity contribution in [3.05, 3.63) is 193 Å². The predicted octanol–water partition coefficient (Wildman–Crippen LogP) is 16.2. The lowest BCUT2D eigenvalue weighted by atomic mass is 9.86. The van der Waals surface area contributed by atoms with Crippen molar-refractivity contribution in [1.82, 2.24) is 0 Å². The molecule has 57 heavy (non-hydrogen) atoms. The Hall–Kier alpha value is -6.72. The van der Waals surface area contributed by atoms with E-state index in [-0.39, 0.29) is 0 Å². The maximum Gasteiger partial charge on any atom is 0.0676 e. The first-order chi connectivity index (χ1) is 28.3. The fourth-order valence-corrected chi connectivity index (χ4v) is 12.2. The Kier molecular flexibility index (Phi) is 6.57. The van der Waals surface area contributed by atoms with E-state index in [2.05, 4.69) is 192 Å². The zero-order valence-corrected chi connectivity index (χ0v) is 32.4. The molecular formula is C53H32N2S2. The van der Waals surface area contributed by atoms with Gasteiger partial charge in [0.2, 0.25) is 0 Å². The Morgan fingerprint density at radius 1 is 0.351 bits per heavy atom. The number of thiophene rings is 2. The van der Waals surface area contributed by atoms with Crippen molar-refractivity contribution in [2.75, 3.05) is 9.80 Å². The van der Waals surface area contributed by atoms with Crippen LogP contribution in [0.15, 0.2) is 182 Å². The molecular weight excluding hydrogens is 729 g/mol. The van der Waals surface area contributed by atoms with Crippen molar-refractivity contribution in [1.29, 1.82) is 0 Å². The number of anilines is 6. The average molecular weight is 761 g/mol. The highest BCUT2D eigenvalue weighted by molar-refractivity contribution is 7.27. The first kappa shape index (κ1) is 31.5. The van der Waals surface area contributed by atoms with Gasteiger partial charge in [0.1, 0.15) is 0 Å². The smallest absolute Gasteiger partial charge is 0.0676 e. The van der Waals surface area contributed by atoms with Gasteiger partial charge in [-0.25, -0.2) is 0 Å². The summed E-state index contributed by atoms with van der Waals surface area (Å²) in [7, 11) is 0. The molecule has 0 amide bonds. The monoisotopic (exact) mass is 760 g/mol. The Morgan fingerprint density at radius 2 is 0.877 bits per heavy atom. The second kappa shape index (κ2) is 11.9. The van der Waals surface area contributed by atoms with Gasteiger partial charge >= 0.3 is 0 Å². The van der Waals surface area contributed by atoms with E-state index in [1.807, 2.05) is 22.7 Å². The molecule has 0 spiro atoms. The van der Waals surface area contributed by atoms with E-state index in [0.29, 0.717) is 0 Å². The molecule has 0 fully saturated rings. The zero-order chi connectivity index (χ0) is 37.2. The summed E-state index contributed by atoms with van der Waals surface area (Å²) in [6, 6.07) is 67.5. The minimum atomic E-state index is 1.00. The Balaban J connectivity index is 1.09. The minimum absolute atomic E-state index is 1.00. The van der Waals surface area contributed by atoms with Gasteiger partial charge in [-0.1, -0.05) is 127 Å². The van der Waals surface area contributed by atoms with Crippen LogP contribution in [0.3, 0.4) is 0 Å². The highest BCUT2D eigenvalue weighted by atomic mass is 32.1. The molecule has 0 radical (unpaired) electrons.